The monoisotopic (exact) mass is 2200 g/mol. The van der Waals surface area contributed by atoms with Crippen LogP contribution in [0.1, 0.15) is 92.5 Å². The number of nitrogens with zero attached hydrogens (tertiary/aromatic N) is 14. The first kappa shape index (κ1) is 122. The van der Waals surface area contributed by atoms with Gasteiger partial charge >= 0.3 is 122 Å². The minimum atomic E-state index is -4.31. The number of hydrogen-bond acceptors (Lipinski definition) is 37. The molecule has 16 atom stereocenters. The third kappa shape index (κ3) is 31.2. The maximum atomic E-state index is 14.9. The minimum absolute atomic E-state index is 0. The Hall–Kier alpha value is -10.3. The van der Waals surface area contributed by atoms with Gasteiger partial charge in [0, 0.05) is 113 Å². The van der Waals surface area contributed by atoms with Crippen LogP contribution in [0.2, 0.25) is 0 Å². The molecule has 61 heteroatoms. The zero-order valence-corrected chi connectivity index (χ0v) is 87.5. The Morgan fingerprint density at radius 1 is 0.528 bits per heavy atom. The first-order chi connectivity index (χ1) is 66.7. The van der Waals surface area contributed by atoms with Gasteiger partial charge in [-0.2, -0.15) is 21.6 Å². The number of imidazole rings is 4. The molecule has 0 saturated carbocycles. The number of benzene rings is 5. The number of nitrogens with one attached hydrogen (secondary N) is 7. The number of non-ortho nitro benzene ring substituents is 2. The van der Waals surface area contributed by atoms with Gasteiger partial charge in [0.15, 0.2) is 94.3 Å². The summed E-state index contributed by atoms with van der Waals surface area (Å²) in [5, 5.41) is 44.3. The van der Waals surface area contributed by atoms with E-state index in [1.807, 2.05) is 78.9 Å². The predicted molar refractivity (Wildman–Crippen MR) is 509 cm³/mol. The molecule has 0 unspecified atom stereocenters. The average molecular weight is 2200 g/mol. The number of aliphatic hydroxyl groups is 1. The van der Waals surface area contributed by atoms with Gasteiger partial charge in [-0.15, -0.1) is 11.6 Å². The molecule has 0 spiro atoms. The number of ether oxygens (including phenoxy) is 6. The van der Waals surface area contributed by atoms with Crippen LogP contribution in [0.5, 0.6) is 23.0 Å². The standard InChI is InChI=1S/C21H19ClO2.C17H17FN6O7S.C13H16FN5O3.C12H14FN5O4.C11H14FN5O2.C6H4ClNO5S.CH2O3.2CH4.2K.S3.H/c1-23-19-12-8-17(9-13-19)21(22,16-6-4-3-5-7-16)18-10-14-20(24-2)15-11-18;1-9-12(6-22-32(28,29)31-11-4-2-10(3-5-11)24(26)27)30-17(13(9)18)23-8-21-14-15(23)19-7-20-16(14)25;1-6-8(3-15-7(2)20)22-13(9(6)14)19-5-18-10-11(19)16-4-17-12(10)21;1-5(19)14-2-6-9(20)7(13)12(22-6)18-4-17-8-10(18)15-3-16-11(8)21;1-5-6(2-13)19-11(7(5)12)17-4-16-8-9(17)14-3-15-10(8)18;7-14(11,12)13-6-3-1-5(2-4-6)8(9)10;2-1-4-3;;;;;1-3-2;/h3-15H,1-2H3;2-5,7-9,12-13,17,22H,6H2,1H3,(H,19,20,25);4-6,8-9,13H,3H2,1-2H3,(H,15,20)(H,16,17,21);3-4,6-7,9,12,20H,2H2,1H3,(H,14,19)(H,15,16,21);3-7,11H,2,13H2,1H3,(H,14,15,18);1-4H;1,3H;2*1H4;;;;/q;;;;;;;;;2*+1;;-1/p-1/t;9-,12-,13-,17-;6-,8-,9-,13-;6-,7-,9-,12-;5-,6-,7-,11-;;;;;;;;/m.1111......../s1. The number of nitro benzene ring substituents is 2. The number of halogens is 6. The van der Waals surface area contributed by atoms with Crippen LogP contribution in [0.25, 0.3) is 44.7 Å². The number of methoxy groups -OCH3 is 2. The number of nitro groups is 2. The van der Waals surface area contributed by atoms with Crippen molar-refractivity contribution in [1.82, 2.24) is 93.4 Å². The predicted octanol–water partition coefficient (Wildman–Crippen LogP) is 0.254. The quantitative estimate of drug-likeness (QED) is 0.00451. The number of amides is 2. The smallest absolute Gasteiger partial charge is 1.00 e. The summed E-state index contributed by atoms with van der Waals surface area (Å²) >= 11 is 15.5. The topological polar surface area (TPSA) is 649 Å². The molecule has 12 heterocycles. The van der Waals surface area contributed by atoms with Crippen molar-refractivity contribution in [3.8, 4) is 23.0 Å². The van der Waals surface area contributed by atoms with Crippen LogP contribution in [0.15, 0.2) is 197 Å². The van der Waals surface area contributed by atoms with Gasteiger partial charge < -0.3 is 89.8 Å². The van der Waals surface area contributed by atoms with Gasteiger partial charge in [-0.05, 0) is 65.2 Å². The van der Waals surface area contributed by atoms with Crippen LogP contribution in [-0.4, -0.2) is 224 Å². The molecule has 4 saturated heterocycles. The van der Waals surface area contributed by atoms with E-state index in [9.17, 15) is 88.5 Å². The molecule has 13 aromatic rings. The molecule has 8 aromatic heterocycles. The second-order valence-electron chi connectivity index (χ2n) is 30.0. The molecule has 2 amide bonds. The molecule has 0 bridgehead atoms. The van der Waals surface area contributed by atoms with E-state index in [2.05, 4.69) is 107 Å². The summed E-state index contributed by atoms with van der Waals surface area (Å²) < 4.78 is 153. The van der Waals surface area contributed by atoms with Crippen LogP contribution in [0.3, 0.4) is 0 Å². The molecule has 4 fully saturated rings. The third-order valence-electron chi connectivity index (χ3n) is 21.4. The fraction of sp³-hybridized carbons (Fsp3) is 0.361. The van der Waals surface area contributed by atoms with Crippen LogP contribution in [-0.2, 0) is 94.0 Å². The molecule has 48 nitrogen and oxygen atoms in total. The van der Waals surface area contributed by atoms with Gasteiger partial charge in [0.25, 0.3) is 40.1 Å². The molecule has 4 aliphatic heterocycles. The molecule has 4 aliphatic rings. The molecular weight excluding hydrogens is 2110 g/mol. The molecule has 10 N–H and O–H groups in total. The summed E-state index contributed by atoms with van der Waals surface area (Å²) in [6.45, 7) is 7.71. The number of hydrogen-bond donors (Lipinski definition) is 9. The number of alkyl halides is 5. The number of nitrogens with two attached hydrogens (primary N) is 1. The van der Waals surface area contributed by atoms with Crippen molar-refractivity contribution in [3.63, 3.8) is 0 Å². The Morgan fingerprint density at radius 2 is 0.819 bits per heavy atom. The number of H-pyrrole nitrogens is 4. The van der Waals surface area contributed by atoms with Gasteiger partial charge in [-0.3, -0.25) is 72.1 Å². The summed E-state index contributed by atoms with van der Waals surface area (Å²) in [7, 11) is 0.601. The van der Waals surface area contributed by atoms with Gasteiger partial charge in [-0.1, -0.05) is 90.2 Å². The number of carbonyl (C=O) groups is 3. The maximum Gasteiger partial charge on any atom is 1.00 e. The van der Waals surface area contributed by atoms with E-state index >= 15 is 0 Å². The van der Waals surface area contributed by atoms with E-state index in [4.69, 9.17) is 70.7 Å². The van der Waals surface area contributed by atoms with Crippen molar-refractivity contribution < 1.29 is 215 Å². The number of aliphatic hydroxyl groups excluding tert-OH is 1. The number of aromatic nitrogens is 16. The van der Waals surface area contributed by atoms with E-state index in [1.54, 1.807) is 35.0 Å². The van der Waals surface area contributed by atoms with Crippen molar-refractivity contribution in [2.24, 2.45) is 23.5 Å². The van der Waals surface area contributed by atoms with E-state index < -0.39 is 131 Å². The summed E-state index contributed by atoms with van der Waals surface area (Å²) in [5.41, 5.74) is 7.72. The van der Waals surface area contributed by atoms with E-state index in [-0.39, 0.29) is 249 Å². The van der Waals surface area contributed by atoms with Crippen LogP contribution < -0.4 is 169 Å². The maximum absolute atomic E-state index is 14.9. The Bertz CT molecular complexity index is 6820. The Kier molecular flexibility index (Phi) is 48.1. The van der Waals surface area contributed by atoms with E-state index in [1.165, 1.54) is 76.4 Å². The molecular formula is C83H94Cl2F4K2N22O26S5. The summed E-state index contributed by atoms with van der Waals surface area (Å²) in [6, 6.07) is 34.8. The zero-order chi connectivity index (χ0) is 102. The first-order valence-electron chi connectivity index (χ1n) is 40.8. The second kappa shape index (κ2) is 56.6. The van der Waals surface area contributed by atoms with Crippen molar-refractivity contribution in [2.45, 2.75) is 134 Å². The molecule has 5 aromatic carbocycles. The fourth-order valence-electron chi connectivity index (χ4n) is 14.2. The van der Waals surface area contributed by atoms with E-state index in [0.29, 0.717) is 5.65 Å². The minimum Gasteiger partial charge on any atom is -1.00 e. The zero-order valence-electron chi connectivity index (χ0n) is 76.7. The fourth-order valence-corrected chi connectivity index (χ4v) is 15.9. The SMILES string of the molecule is C.C.CC(=O)NC[C@H]1O[C@@H](n2cnc3c(=O)[nH]cnc32)[C@H](F)[C@@H]1C.CC(=O)NC[C@H]1O[C@@H](n2cnc3c(=O)[nH]cnc32)[C@H](F)[C@@H]1O.COc1ccc(C(Cl)(c2ccccc2)c2ccc(OC)cc2)cc1.C[C@H]1[C@@H](F)[C@H](n2cnc3c(=O)[nH]cnc32)O[C@@H]1CN.C[C@H]1[C@@H](F)[C@H](n2cnc3c(=O)[nH]cnc32)O[C@@H]1CNS(=O)(=O)Oc1ccc([N+](=O)[O-])cc1.O=CO[O-].O=[N+]([O-])c1ccc(OS(=O)(=O)Cl)cc1.S=S=S.[H-].[K+].[K+]. The second-order valence-corrected chi connectivity index (χ2v) is 35.8. The molecule has 766 valence electrons. The third-order valence-corrected chi connectivity index (χ3v) is 23.5. The van der Waals surface area contributed by atoms with Gasteiger partial charge in [-0.25, -0.2) is 57.4 Å². The first-order valence-corrected chi connectivity index (χ1v) is 47.5. The normalized spacial score (nSPS) is 21.1. The van der Waals surface area contributed by atoms with Crippen LogP contribution in [0.4, 0.5) is 28.9 Å². The van der Waals surface area contributed by atoms with Crippen LogP contribution in [0, 0.1) is 38.0 Å². The largest absolute Gasteiger partial charge is 1.00 e. The Morgan fingerprint density at radius 3 is 1.12 bits per heavy atom. The molecule has 0 aliphatic carbocycles. The van der Waals surface area contributed by atoms with Gasteiger partial charge in [0.1, 0.15) is 40.1 Å². The van der Waals surface area contributed by atoms with Gasteiger partial charge in [0.05, 0.1) is 104 Å². The van der Waals surface area contributed by atoms with Crippen LogP contribution >= 0.6 is 22.3 Å². The van der Waals surface area contributed by atoms with E-state index in [0.717, 1.165) is 91.9 Å². The number of rotatable bonds is 24. The molecule has 0 radical (unpaired) electrons. The summed E-state index contributed by atoms with van der Waals surface area (Å²) in [5.74, 6) is -0.531. The van der Waals surface area contributed by atoms with Crippen molar-refractivity contribution >= 4 is 147 Å². The summed E-state index contributed by atoms with van der Waals surface area (Å²) in [6.07, 6.45) is -3.82. The molecule has 144 heavy (non-hydrogen) atoms. The average Bonchev–Trinajstić information content (AvgIpc) is 1.46. The number of aromatic amines is 4. The Balaban J connectivity index is 0.000000304. The van der Waals surface area contributed by atoms with Crippen molar-refractivity contribution in [2.75, 3.05) is 40.4 Å². The van der Waals surface area contributed by atoms with Crippen molar-refractivity contribution in [3.05, 3.63) is 256 Å². The van der Waals surface area contributed by atoms with Gasteiger partial charge in [0.2, 0.25) is 11.8 Å². The number of carbonyl (C=O) groups excluding carboxylic acids is 3. The van der Waals surface area contributed by atoms with Crippen molar-refractivity contribution in [1.29, 1.82) is 0 Å². The number of fused-ring (bicyclic) bond motifs is 4. The Labute approximate surface area is 923 Å². The summed E-state index contributed by atoms with van der Waals surface area (Å²) in [4.78, 5) is 140. The molecule has 17 rings (SSSR count).